The highest BCUT2D eigenvalue weighted by molar-refractivity contribution is 5.55. The van der Waals surface area contributed by atoms with Crippen molar-refractivity contribution in [1.29, 1.82) is 0 Å². The number of allylic oxidation sites excluding steroid dienone is 3. The van der Waals surface area contributed by atoms with Crippen LogP contribution >= 0.6 is 0 Å². The van der Waals surface area contributed by atoms with Gasteiger partial charge in [-0.15, -0.1) is 0 Å². The molecule has 4 aliphatic rings. The van der Waals surface area contributed by atoms with Crippen LogP contribution in [-0.2, 0) is 0 Å². The summed E-state index contributed by atoms with van der Waals surface area (Å²) in [6.45, 7) is 4.20. The van der Waals surface area contributed by atoms with Gasteiger partial charge in [-0.25, -0.2) is 0 Å². The number of hydrogen-bond acceptors (Lipinski definition) is 0. The largest absolute Gasteiger partial charge is 0.0992 e. The predicted molar refractivity (Wildman–Crippen MR) is 57.2 cm³/mol. The van der Waals surface area contributed by atoms with E-state index in [0.717, 1.165) is 11.8 Å². The van der Waals surface area contributed by atoms with Gasteiger partial charge in [0.15, 0.2) is 0 Å². The fourth-order valence-corrected chi connectivity index (χ4v) is 3.46. The Morgan fingerprint density at radius 3 is 1.86 bits per heavy atom. The smallest absolute Gasteiger partial charge is 0.00927 e. The molecule has 0 N–H and O–H groups in total. The van der Waals surface area contributed by atoms with Crippen LogP contribution in [0.1, 0.15) is 23.0 Å². The summed E-state index contributed by atoms with van der Waals surface area (Å²) in [5.74, 6) is 2.85. The van der Waals surface area contributed by atoms with E-state index in [4.69, 9.17) is 0 Å². The molecule has 0 heterocycles. The van der Waals surface area contributed by atoms with Crippen LogP contribution in [-0.4, -0.2) is 0 Å². The van der Waals surface area contributed by atoms with Gasteiger partial charge in [-0.1, -0.05) is 48.6 Å². The summed E-state index contributed by atoms with van der Waals surface area (Å²) in [5.41, 5.74) is 4.60. The third kappa shape index (κ3) is 0.608. The van der Waals surface area contributed by atoms with E-state index in [1.54, 1.807) is 11.1 Å². The van der Waals surface area contributed by atoms with Crippen molar-refractivity contribution in [3.8, 4) is 0 Å². The van der Waals surface area contributed by atoms with E-state index in [1.165, 1.54) is 5.57 Å². The van der Waals surface area contributed by atoms with Gasteiger partial charge in [0.2, 0.25) is 0 Å². The summed E-state index contributed by atoms with van der Waals surface area (Å²) < 4.78 is 0. The maximum absolute atomic E-state index is 4.20. The molecule has 1 saturated carbocycles. The molecule has 0 saturated heterocycles. The molecule has 0 spiro atoms. The highest BCUT2D eigenvalue weighted by atomic mass is 14.6. The van der Waals surface area contributed by atoms with Crippen LogP contribution in [0.25, 0.3) is 0 Å². The van der Waals surface area contributed by atoms with Gasteiger partial charge in [0, 0.05) is 11.8 Å². The topological polar surface area (TPSA) is 0 Å². The first-order valence-electron chi connectivity index (χ1n) is 5.34. The van der Waals surface area contributed by atoms with Crippen molar-refractivity contribution in [2.24, 2.45) is 11.8 Å². The zero-order valence-electron chi connectivity index (χ0n) is 7.98. The van der Waals surface area contributed by atoms with Crippen molar-refractivity contribution >= 4 is 0 Å². The van der Waals surface area contributed by atoms with E-state index in [1.807, 2.05) is 0 Å². The Morgan fingerprint density at radius 1 is 0.857 bits per heavy atom. The van der Waals surface area contributed by atoms with Gasteiger partial charge in [-0.05, 0) is 23.0 Å². The summed E-state index contributed by atoms with van der Waals surface area (Å²) in [6, 6.07) is 8.90. The summed E-state index contributed by atoms with van der Waals surface area (Å²) in [5, 5.41) is 0. The molecule has 0 heteroatoms. The van der Waals surface area contributed by atoms with Crippen LogP contribution < -0.4 is 0 Å². The Morgan fingerprint density at radius 2 is 1.36 bits per heavy atom. The van der Waals surface area contributed by atoms with Gasteiger partial charge in [-0.2, -0.15) is 0 Å². The van der Waals surface area contributed by atoms with Crippen molar-refractivity contribution in [3.05, 3.63) is 59.7 Å². The lowest BCUT2D eigenvalue weighted by Gasteiger charge is -2.32. The lowest BCUT2D eigenvalue weighted by Crippen LogP contribution is -2.19. The van der Waals surface area contributed by atoms with E-state index in [0.29, 0.717) is 11.8 Å². The second-order valence-electron chi connectivity index (χ2n) is 4.69. The summed E-state index contributed by atoms with van der Waals surface area (Å²) in [4.78, 5) is 0. The van der Waals surface area contributed by atoms with Gasteiger partial charge in [0.25, 0.3) is 0 Å². The van der Waals surface area contributed by atoms with Gasteiger partial charge in [-0.3, -0.25) is 0 Å². The minimum Gasteiger partial charge on any atom is -0.0992 e. The van der Waals surface area contributed by atoms with E-state index in [2.05, 4.69) is 43.0 Å². The predicted octanol–water partition coefficient (Wildman–Crippen LogP) is 3.24. The lowest BCUT2D eigenvalue weighted by molar-refractivity contribution is 0.523. The molecule has 4 atom stereocenters. The fraction of sp³-hybridized carbons (Fsp3) is 0.286. The molecule has 0 unspecified atom stereocenters. The molecule has 4 aliphatic carbocycles. The molecule has 5 rings (SSSR count). The fourth-order valence-electron chi connectivity index (χ4n) is 3.46. The molecule has 68 valence electrons. The van der Waals surface area contributed by atoms with Crippen LogP contribution in [0.5, 0.6) is 0 Å². The van der Waals surface area contributed by atoms with Crippen LogP contribution in [0.3, 0.4) is 0 Å². The van der Waals surface area contributed by atoms with Crippen LogP contribution in [0, 0.1) is 11.8 Å². The normalized spacial score (nSPS) is 40.7. The number of hydrogen-bond donors (Lipinski definition) is 0. The Hall–Kier alpha value is -1.30. The Bertz CT molecular complexity index is 426. The van der Waals surface area contributed by atoms with Gasteiger partial charge < -0.3 is 0 Å². The van der Waals surface area contributed by atoms with Crippen molar-refractivity contribution in [2.45, 2.75) is 11.8 Å². The average Bonchev–Trinajstić information content (AvgIpc) is 2.94. The molecule has 0 nitrogen and oxygen atoms in total. The van der Waals surface area contributed by atoms with Crippen molar-refractivity contribution < 1.29 is 0 Å². The molecule has 2 bridgehead atoms. The first kappa shape index (κ1) is 7.05. The molecule has 0 radical (unpaired) electrons. The molecule has 0 aromatic heterocycles. The maximum atomic E-state index is 4.20. The Labute approximate surface area is 84.0 Å². The van der Waals surface area contributed by atoms with Crippen molar-refractivity contribution in [2.75, 3.05) is 0 Å². The number of benzene rings is 1. The van der Waals surface area contributed by atoms with E-state index in [9.17, 15) is 0 Å². The quantitative estimate of drug-likeness (QED) is 0.538. The standard InChI is InChI=1S/C14H12/c1-8-13-11-6-7-12(14(8)13)10-5-3-2-4-9(10)11/h2-7,11-14H,1H2/t11-,12+,13+,14-. The third-order valence-corrected chi connectivity index (χ3v) is 4.15. The Balaban J connectivity index is 2.01. The molecule has 0 aliphatic heterocycles. The zero-order valence-corrected chi connectivity index (χ0v) is 7.98. The highest BCUT2D eigenvalue weighted by Crippen LogP contribution is 2.67. The Kier molecular flexibility index (Phi) is 1.02. The van der Waals surface area contributed by atoms with Crippen LogP contribution in [0.15, 0.2) is 48.6 Å². The van der Waals surface area contributed by atoms with E-state index in [-0.39, 0.29) is 0 Å². The molecular weight excluding hydrogens is 168 g/mol. The molecule has 1 aromatic carbocycles. The minimum atomic E-state index is 0.647. The first-order chi connectivity index (χ1) is 6.88. The van der Waals surface area contributed by atoms with Crippen LogP contribution in [0.4, 0.5) is 0 Å². The second kappa shape index (κ2) is 2.03. The number of rotatable bonds is 0. The monoisotopic (exact) mass is 180 g/mol. The first-order valence-corrected chi connectivity index (χ1v) is 5.34. The van der Waals surface area contributed by atoms with Gasteiger partial charge in [0.1, 0.15) is 0 Å². The van der Waals surface area contributed by atoms with Crippen molar-refractivity contribution in [3.63, 3.8) is 0 Å². The second-order valence-corrected chi connectivity index (χ2v) is 4.69. The van der Waals surface area contributed by atoms with Crippen molar-refractivity contribution in [1.82, 2.24) is 0 Å². The molecule has 0 amide bonds. The summed E-state index contributed by atoms with van der Waals surface area (Å²) >= 11 is 0. The van der Waals surface area contributed by atoms with E-state index >= 15 is 0 Å². The minimum absolute atomic E-state index is 0.647. The van der Waals surface area contributed by atoms with E-state index < -0.39 is 0 Å². The summed E-state index contributed by atoms with van der Waals surface area (Å²) in [7, 11) is 0. The maximum Gasteiger partial charge on any atom is 0.00927 e. The average molecular weight is 180 g/mol. The van der Waals surface area contributed by atoms with Gasteiger partial charge in [0.05, 0.1) is 0 Å². The highest BCUT2D eigenvalue weighted by Gasteiger charge is 2.56. The third-order valence-electron chi connectivity index (χ3n) is 4.15. The van der Waals surface area contributed by atoms with Crippen LogP contribution in [0.2, 0.25) is 0 Å². The molecule has 1 fully saturated rings. The lowest BCUT2D eigenvalue weighted by atomic mass is 9.72. The molecular formula is C14H12. The molecule has 1 aromatic rings. The molecule has 14 heavy (non-hydrogen) atoms. The zero-order chi connectivity index (χ0) is 9.28. The van der Waals surface area contributed by atoms with Gasteiger partial charge >= 0.3 is 0 Å². The summed E-state index contributed by atoms with van der Waals surface area (Å²) in [6.07, 6.45) is 4.79. The SMILES string of the molecule is C=C1[C@@H]2[C@H]1[C@H]1C=C[C@@H]2c2ccccc21.